The predicted octanol–water partition coefficient (Wildman–Crippen LogP) is 3.86. The number of hydrogen-bond donors (Lipinski definition) is 2. The quantitative estimate of drug-likeness (QED) is 0.799. The first-order chi connectivity index (χ1) is 11.9. The molecule has 0 aliphatic carbocycles. The van der Waals surface area contributed by atoms with Gasteiger partial charge in [-0.05, 0) is 36.6 Å². The largest absolute Gasteiger partial charge is 0.502 e. The summed E-state index contributed by atoms with van der Waals surface area (Å²) in [7, 11) is 2.91. The molecule has 0 aliphatic rings. The van der Waals surface area contributed by atoms with E-state index in [0.717, 1.165) is 11.1 Å². The summed E-state index contributed by atoms with van der Waals surface area (Å²) in [6.07, 6.45) is 3.90. The number of carboxylic acids is 1. The number of phenols is 1. The van der Waals surface area contributed by atoms with E-state index < -0.39 is 11.4 Å². The number of aliphatic carboxylic acids is 1. The molecule has 2 N–H and O–H groups in total. The molecule has 0 spiro atoms. The minimum absolute atomic E-state index is 0.0678. The first-order valence-electron chi connectivity index (χ1n) is 7.83. The average molecular weight is 342 g/mol. The molecule has 0 bridgehead atoms. The number of phenolic OH excluding ortho intramolecular Hbond substituents is 1. The third-order valence-corrected chi connectivity index (χ3v) is 4.22. The molecule has 25 heavy (non-hydrogen) atoms. The highest BCUT2D eigenvalue weighted by Gasteiger charge is 2.33. The van der Waals surface area contributed by atoms with Gasteiger partial charge in [-0.25, -0.2) is 0 Å². The molecule has 0 aromatic heterocycles. The Hall–Kier alpha value is -2.95. The van der Waals surface area contributed by atoms with E-state index in [1.54, 1.807) is 31.2 Å². The van der Waals surface area contributed by atoms with Gasteiger partial charge in [0.1, 0.15) is 0 Å². The van der Waals surface area contributed by atoms with Gasteiger partial charge in [0.15, 0.2) is 11.5 Å². The Labute approximate surface area is 147 Å². The molecule has 0 radical (unpaired) electrons. The molecule has 5 nitrogen and oxygen atoms in total. The predicted molar refractivity (Wildman–Crippen MR) is 96.3 cm³/mol. The molecule has 0 saturated carbocycles. The van der Waals surface area contributed by atoms with Crippen LogP contribution in [-0.2, 0) is 10.2 Å². The van der Waals surface area contributed by atoms with Crippen molar-refractivity contribution in [3.63, 3.8) is 0 Å². The molecule has 0 saturated heterocycles. The van der Waals surface area contributed by atoms with E-state index in [1.807, 2.05) is 30.3 Å². The summed E-state index contributed by atoms with van der Waals surface area (Å²) in [5.74, 6) is -0.364. The normalized spacial score (nSPS) is 13.4. The zero-order valence-electron chi connectivity index (χ0n) is 14.5. The summed E-state index contributed by atoms with van der Waals surface area (Å²) in [6.45, 7) is 1.70. The van der Waals surface area contributed by atoms with E-state index in [4.69, 9.17) is 9.47 Å². The first-order valence-corrected chi connectivity index (χ1v) is 7.83. The summed E-state index contributed by atoms with van der Waals surface area (Å²) in [6, 6.07) is 12.5. The molecular weight excluding hydrogens is 320 g/mol. The second kappa shape index (κ2) is 7.75. The van der Waals surface area contributed by atoms with Crippen LogP contribution in [0.25, 0.3) is 6.08 Å². The van der Waals surface area contributed by atoms with Crippen LogP contribution in [0, 0.1) is 0 Å². The van der Waals surface area contributed by atoms with Crippen LogP contribution < -0.4 is 9.47 Å². The number of methoxy groups -OCH3 is 2. The maximum atomic E-state index is 11.8. The third kappa shape index (κ3) is 3.94. The number of benzene rings is 2. The number of rotatable bonds is 7. The SMILES string of the molecule is COc1cc(/C=C/CC(C)(C(=O)O)c2ccccc2)cc(OC)c1O. The molecule has 1 unspecified atom stereocenters. The van der Waals surface area contributed by atoms with Gasteiger partial charge in [-0.2, -0.15) is 0 Å². The number of ether oxygens (including phenoxy) is 2. The van der Waals surface area contributed by atoms with Crippen molar-refractivity contribution in [2.75, 3.05) is 14.2 Å². The van der Waals surface area contributed by atoms with Crippen LogP contribution in [-0.4, -0.2) is 30.4 Å². The highest BCUT2D eigenvalue weighted by molar-refractivity contribution is 5.81. The van der Waals surface area contributed by atoms with E-state index in [1.165, 1.54) is 14.2 Å². The summed E-state index contributed by atoms with van der Waals surface area (Å²) in [5, 5.41) is 19.6. The minimum Gasteiger partial charge on any atom is -0.502 e. The van der Waals surface area contributed by atoms with Gasteiger partial charge in [-0.1, -0.05) is 42.5 Å². The first kappa shape index (κ1) is 18.4. The van der Waals surface area contributed by atoms with Crippen LogP contribution in [0.2, 0.25) is 0 Å². The van der Waals surface area contributed by atoms with Crippen LogP contribution in [0.5, 0.6) is 17.2 Å². The molecule has 2 rings (SSSR count). The Morgan fingerprint density at radius 2 is 1.68 bits per heavy atom. The molecule has 2 aromatic carbocycles. The van der Waals surface area contributed by atoms with Crippen molar-refractivity contribution in [1.82, 2.24) is 0 Å². The van der Waals surface area contributed by atoms with Gasteiger partial charge in [0.25, 0.3) is 0 Å². The van der Waals surface area contributed by atoms with Gasteiger partial charge < -0.3 is 19.7 Å². The van der Waals surface area contributed by atoms with Gasteiger partial charge in [0.05, 0.1) is 19.6 Å². The molecule has 0 amide bonds. The zero-order chi connectivity index (χ0) is 18.4. The lowest BCUT2D eigenvalue weighted by Crippen LogP contribution is -2.31. The van der Waals surface area contributed by atoms with Crippen molar-refractivity contribution in [2.24, 2.45) is 0 Å². The Kier molecular flexibility index (Phi) is 5.70. The van der Waals surface area contributed by atoms with Gasteiger partial charge in [-0.15, -0.1) is 0 Å². The molecule has 132 valence electrons. The molecule has 0 fully saturated rings. The molecule has 1 atom stereocenters. The lowest BCUT2D eigenvalue weighted by molar-refractivity contribution is -0.143. The van der Waals surface area contributed by atoms with Gasteiger partial charge >= 0.3 is 5.97 Å². The van der Waals surface area contributed by atoms with Crippen LogP contribution in [0.4, 0.5) is 0 Å². The van der Waals surface area contributed by atoms with E-state index in [2.05, 4.69) is 0 Å². The smallest absolute Gasteiger partial charge is 0.314 e. The Bertz CT molecular complexity index is 742. The van der Waals surface area contributed by atoms with Crippen LogP contribution in [0.1, 0.15) is 24.5 Å². The van der Waals surface area contributed by atoms with Crippen molar-refractivity contribution in [2.45, 2.75) is 18.8 Å². The van der Waals surface area contributed by atoms with Gasteiger partial charge in [-0.3, -0.25) is 4.79 Å². The van der Waals surface area contributed by atoms with E-state index in [-0.39, 0.29) is 5.75 Å². The lowest BCUT2D eigenvalue weighted by atomic mass is 9.79. The van der Waals surface area contributed by atoms with Crippen molar-refractivity contribution >= 4 is 12.0 Å². The van der Waals surface area contributed by atoms with Gasteiger partial charge in [0.2, 0.25) is 5.75 Å². The van der Waals surface area contributed by atoms with E-state index in [0.29, 0.717) is 17.9 Å². The molecule has 5 heteroatoms. The summed E-state index contributed by atoms with van der Waals surface area (Å²) in [4.78, 5) is 11.8. The summed E-state index contributed by atoms with van der Waals surface area (Å²) >= 11 is 0. The number of hydrogen-bond acceptors (Lipinski definition) is 4. The van der Waals surface area contributed by atoms with Crippen LogP contribution in [0.3, 0.4) is 0 Å². The standard InChI is InChI=1S/C20H22O5/c1-20(19(22)23,15-9-5-4-6-10-15)11-7-8-14-12-16(24-2)18(21)17(13-14)25-3/h4-10,12-13,21H,11H2,1-3H3,(H,22,23)/b8-7+. The van der Waals surface area contributed by atoms with Crippen molar-refractivity contribution in [3.8, 4) is 17.2 Å². The van der Waals surface area contributed by atoms with Crippen molar-refractivity contribution < 1.29 is 24.5 Å². The number of allylic oxidation sites excluding steroid dienone is 1. The number of carbonyl (C=O) groups is 1. The number of aromatic hydroxyl groups is 1. The monoisotopic (exact) mass is 342 g/mol. The topological polar surface area (TPSA) is 76.0 Å². The lowest BCUT2D eigenvalue weighted by Gasteiger charge is -2.23. The average Bonchev–Trinajstić information content (AvgIpc) is 2.63. The summed E-state index contributed by atoms with van der Waals surface area (Å²) in [5.41, 5.74) is 0.461. The van der Waals surface area contributed by atoms with E-state index >= 15 is 0 Å². The molecule has 2 aromatic rings. The second-order valence-corrected chi connectivity index (χ2v) is 5.88. The third-order valence-electron chi connectivity index (χ3n) is 4.22. The zero-order valence-corrected chi connectivity index (χ0v) is 14.5. The van der Waals surface area contributed by atoms with Crippen molar-refractivity contribution in [1.29, 1.82) is 0 Å². The minimum atomic E-state index is -1.02. The maximum absolute atomic E-state index is 11.8. The maximum Gasteiger partial charge on any atom is 0.314 e. The highest BCUT2D eigenvalue weighted by atomic mass is 16.5. The van der Waals surface area contributed by atoms with Crippen LogP contribution in [0.15, 0.2) is 48.5 Å². The fourth-order valence-electron chi connectivity index (χ4n) is 2.58. The fraction of sp³-hybridized carbons (Fsp3) is 0.250. The van der Waals surface area contributed by atoms with Crippen LogP contribution >= 0.6 is 0 Å². The Morgan fingerprint density at radius 3 is 2.16 bits per heavy atom. The fourth-order valence-corrected chi connectivity index (χ4v) is 2.58. The summed E-state index contributed by atoms with van der Waals surface area (Å²) < 4.78 is 10.2. The molecule has 0 heterocycles. The molecule has 0 aliphatic heterocycles. The number of carboxylic acid groups (broad SMARTS) is 1. The Balaban J connectivity index is 2.28. The van der Waals surface area contributed by atoms with Crippen molar-refractivity contribution in [3.05, 3.63) is 59.7 Å². The highest BCUT2D eigenvalue weighted by Crippen LogP contribution is 2.37. The Morgan fingerprint density at radius 1 is 1.12 bits per heavy atom. The van der Waals surface area contributed by atoms with E-state index in [9.17, 15) is 15.0 Å². The molecular formula is C20H22O5. The second-order valence-electron chi connectivity index (χ2n) is 5.88. The van der Waals surface area contributed by atoms with Gasteiger partial charge in [0, 0.05) is 0 Å².